The maximum Gasteiger partial charge on any atom is 0.138 e. The fourth-order valence-corrected chi connectivity index (χ4v) is 2.30. The molecule has 72 valence electrons. The minimum Gasteiger partial charge on any atom is -0.383 e. The van der Waals surface area contributed by atoms with Crippen LogP contribution in [0.25, 0.3) is 0 Å². The van der Waals surface area contributed by atoms with E-state index >= 15 is 0 Å². The number of anilines is 1. The number of nitrogen functional groups attached to an aromatic ring is 1. The first-order valence-electron chi connectivity index (χ1n) is 3.84. The molecule has 1 aromatic rings. The molecule has 0 aromatic carbocycles. The van der Waals surface area contributed by atoms with Crippen LogP contribution in [0, 0.1) is 0 Å². The molecule has 2 N–H and O–H groups in total. The molecule has 0 fully saturated rings. The van der Waals surface area contributed by atoms with Crippen LogP contribution < -0.4 is 5.73 Å². The van der Waals surface area contributed by atoms with Crippen molar-refractivity contribution in [1.82, 2.24) is 4.98 Å². The minimum absolute atomic E-state index is 0.450. The molecule has 0 saturated heterocycles. The summed E-state index contributed by atoms with van der Waals surface area (Å²) in [5, 5.41) is 0. The van der Waals surface area contributed by atoms with E-state index in [-0.39, 0.29) is 0 Å². The van der Waals surface area contributed by atoms with Crippen LogP contribution in [0.15, 0.2) is 15.4 Å². The lowest BCUT2D eigenvalue weighted by molar-refractivity contribution is 0.685. The van der Waals surface area contributed by atoms with Gasteiger partial charge in [0.15, 0.2) is 0 Å². The van der Waals surface area contributed by atoms with E-state index in [9.17, 15) is 4.21 Å². The van der Waals surface area contributed by atoms with Crippen LogP contribution >= 0.6 is 15.9 Å². The Labute approximate surface area is 88.3 Å². The van der Waals surface area contributed by atoms with E-state index in [0.29, 0.717) is 10.3 Å². The second-order valence-electron chi connectivity index (χ2n) is 2.61. The second kappa shape index (κ2) is 4.19. The molecule has 5 heteroatoms. The standard InChI is InChI=1S/C8H11BrN2OS/c1-3-6-7(13(2)12)4-5(9)8(10)11-6/h4H,3H2,1-2H3,(H2,10,11). The molecule has 0 aliphatic rings. The maximum atomic E-state index is 11.3. The predicted octanol–water partition coefficient (Wildman–Crippen LogP) is 1.73. The van der Waals surface area contributed by atoms with Crippen molar-refractivity contribution in [3.05, 3.63) is 16.2 Å². The van der Waals surface area contributed by atoms with Gasteiger partial charge in [-0.2, -0.15) is 0 Å². The van der Waals surface area contributed by atoms with Gasteiger partial charge in [0.2, 0.25) is 0 Å². The Morgan fingerprint density at radius 1 is 1.69 bits per heavy atom. The van der Waals surface area contributed by atoms with Crippen LogP contribution in [0.1, 0.15) is 12.6 Å². The Morgan fingerprint density at radius 2 is 2.31 bits per heavy atom. The van der Waals surface area contributed by atoms with Gasteiger partial charge in [-0.05, 0) is 28.4 Å². The molecule has 13 heavy (non-hydrogen) atoms. The number of hydrogen-bond acceptors (Lipinski definition) is 3. The summed E-state index contributed by atoms with van der Waals surface area (Å²) in [5.74, 6) is 0.450. The SMILES string of the molecule is CCc1nc(N)c(Br)cc1S(C)=O. The molecule has 0 amide bonds. The van der Waals surface area contributed by atoms with E-state index in [0.717, 1.165) is 17.0 Å². The molecule has 0 spiro atoms. The summed E-state index contributed by atoms with van der Waals surface area (Å²) in [7, 11) is -1.01. The predicted molar refractivity (Wildman–Crippen MR) is 58.1 cm³/mol. The number of hydrogen-bond donors (Lipinski definition) is 1. The van der Waals surface area contributed by atoms with Crippen molar-refractivity contribution in [2.24, 2.45) is 0 Å². The molecule has 1 atom stereocenters. The third-order valence-electron chi connectivity index (χ3n) is 1.69. The smallest absolute Gasteiger partial charge is 0.138 e. The second-order valence-corrected chi connectivity index (χ2v) is 4.81. The zero-order valence-corrected chi connectivity index (χ0v) is 9.91. The van der Waals surface area contributed by atoms with Crippen LogP contribution in [-0.2, 0) is 17.2 Å². The largest absolute Gasteiger partial charge is 0.383 e. The van der Waals surface area contributed by atoms with Crippen molar-refractivity contribution in [1.29, 1.82) is 0 Å². The average Bonchev–Trinajstić information content (AvgIpc) is 2.08. The number of aromatic nitrogens is 1. The van der Waals surface area contributed by atoms with Gasteiger partial charge in [-0.15, -0.1) is 0 Å². The van der Waals surface area contributed by atoms with Crippen molar-refractivity contribution in [2.45, 2.75) is 18.2 Å². The normalized spacial score (nSPS) is 12.8. The quantitative estimate of drug-likeness (QED) is 0.884. The van der Waals surface area contributed by atoms with Gasteiger partial charge in [-0.3, -0.25) is 4.21 Å². The Balaban J connectivity index is 3.33. The van der Waals surface area contributed by atoms with Crippen molar-refractivity contribution >= 4 is 32.5 Å². The third kappa shape index (κ3) is 2.28. The molecular formula is C8H11BrN2OS. The van der Waals surface area contributed by atoms with Crippen LogP contribution in [-0.4, -0.2) is 15.4 Å². The zero-order valence-electron chi connectivity index (χ0n) is 7.50. The molecule has 1 rings (SSSR count). The zero-order chi connectivity index (χ0) is 10.0. The van der Waals surface area contributed by atoms with E-state index in [4.69, 9.17) is 5.73 Å². The highest BCUT2D eigenvalue weighted by molar-refractivity contribution is 9.10. The van der Waals surface area contributed by atoms with Gasteiger partial charge in [0, 0.05) is 6.26 Å². The van der Waals surface area contributed by atoms with Gasteiger partial charge >= 0.3 is 0 Å². The summed E-state index contributed by atoms with van der Waals surface area (Å²) in [5.41, 5.74) is 6.42. The molecule has 1 unspecified atom stereocenters. The molecule has 1 aromatic heterocycles. The number of halogens is 1. The fraction of sp³-hybridized carbons (Fsp3) is 0.375. The molecule has 0 aliphatic heterocycles. The summed E-state index contributed by atoms with van der Waals surface area (Å²) >= 11 is 3.26. The molecule has 3 nitrogen and oxygen atoms in total. The van der Waals surface area contributed by atoms with Gasteiger partial charge in [0.25, 0.3) is 0 Å². The number of nitrogens with zero attached hydrogens (tertiary/aromatic N) is 1. The van der Waals surface area contributed by atoms with Crippen molar-refractivity contribution in [2.75, 3.05) is 12.0 Å². The highest BCUT2D eigenvalue weighted by Gasteiger charge is 2.09. The summed E-state index contributed by atoms with van der Waals surface area (Å²) in [4.78, 5) is 4.90. The van der Waals surface area contributed by atoms with Gasteiger partial charge in [0.05, 0.1) is 25.9 Å². The molecule has 0 bridgehead atoms. The Bertz CT molecular complexity index is 354. The fourth-order valence-electron chi connectivity index (χ4n) is 1.03. The van der Waals surface area contributed by atoms with Gasteiger partial charge < -0.3 is 5.73 Å². The summed E-state index contributed by atoms with van der Waals surface area (Å²) in [6, 6.07) is 1.78. The average molecular weight is 263 g/mol. The van der Waals surface area contributed by atoms with E-state index in [1.165, 1.54) is 0 Å². The molecular weight excluding hydrogens is 252 g/mol. The number of nitrogens with two attached hydrogens (primary N) is 1. The minimum atomic E-state index is -1.01. The summed E-state index contributed by atoms with van der Waals surface area (Å²) < 4.78 is 12.0. The monoisotopic (exact) mass is 262 g/mol. The lowest BCUT2D eigenvalue weighted by Gasteiger charge is -2.06. The van der Waals surface area contributed by atoms with Crippen molar-refractivity contribution < 1.29 is 4.21 Å². The van der Waals surface area contributed by atoms with E-state index in [1.54, 1.807) is 12.3 Å². The summed E-state index contributed by atoms with van der Waals surface area (Å²) in [6.45, 7) is 1.96. The first-order chi connectivity index (χ1) is 6.06. The van der Waals surface area contributed by atoms with E-state index < -0.39 is 10.8 Å². The van der Waals surface area contributed by atoms with Gasteiger partial charge in [-0.1, -0.05) is 6.92 Å². The lowest BCUT2D eigenvalue weighted by atomic mass is 10.3. The maximum absolute atomic E-state index is 11.3. The number of aryl methyl sites for hydroxylation is 1. The van der Waals surface area contributed by atoms with Crippen molar-refractivity contribution in [3.8, 4) is 0 Å². The number of pyridine rings is 1. The van der Waals surface area contributed by atoms with Crippen LogP contribution in [0.3, 0.4) is 0 Å². The third-order valence-corrected chi connectivity index (χ3v) is 3.29. The van der Waals surface area contributed by atoms with E-state index in [2.05, 4.69) is 20.9 Å². The molecule has 0 radical (unpaired) electrons. The Hall–Kier alpha value is -0.420. The molecule has 0 aliphatic carbocycles. The topological polar surface area (TPSA) is 56.0 Å². The first kappa shape index (κ1) is 10.7. The highest BCUT2D eigenvalue weighted by atomic mass is 79.9. The first-order valence-corrected chi connectivity index (χ1v) is 6.19. The lowest BCUT2D eigenvalue weighted by Crippen LogP contribution is -2.02. The Morgan fingerprint density at radius 3 is 2.77 bits per heavy atom. The van der Waals surface area contributed by atoms with Gasteiger partial charge in [-0.25, -0.2) is 4.98 Å². The summed E-state index contributed by atoms with van der Waals surface area (Å²) in [6.07, 6.45) is 2.38. The van der Waals surface area contributed by atoms with Crippen molar-refractivity contribution in [3.63, 3.8) is 0 Å². The Kier molecular flexibility index (Phi) is 3.44. The molecule has 1 heterocycles. The van der Waals surface area contributed by atoms with Gasteiger partial charge in [0.1, 0.15) is 5.82 Å². The van der Waals surface area contributed by atoms with E-state index in [1.807, 2.05) is 6.92 Å². The number of rotatable bonds is 2. The van der Waals surface area contributed by atoms with Crippen LogP contribution in [0.5, 0.6) is 0 Å². The molecule has 0 saturated carbocycles. The highest BCUT2D eigenvalue weighted by Crippen LogP contribution is 2.22. The van der Waals surface area contributed by atoms with Crippen LogP contribution in [0.4, 0.5) is 5.82 Å². The van der Waals surface area contributed by atoms with Crippen LogP contribution in [0.2, 0.25) is 0 Å².